The van der Waals surface area contributed by atoms with Crippen LogP contribution in [-0.2, 0) is 4.74 Å². The summed E-state index contributed by atoms with van der Waals surface area (Å²) < 4.78 is 6.86. The molecular weight excluding hydrogens is 432 g/mol. The molecule has 0 bridgehead atoms. The predicted octanol–water partition coefficient (Wildman–Crippen LogP) is 3.07. The van der Waals surface area contributed by atoms with Gasteiger partial charge in [-0.05, 0) is 45.0 Å². The summed E-state index contributed by atoms with van der Waals surface area (Å²) in [5.74, 6) is 0.868. The molecule has 1 aromatic carbocycles. The number of ether oxygens (including phenoxy) is 1. The number of nitrogen functional groups attached to an aromatic ring is 1. The van der Waals surface area contributed by atoms with E-state index in [1.54, 1.807) is 23.1 Å². The van der Waals surface area contributed by atoms with Gasteiger partial charge < -0.3 is 20.3 Å². The number of halogens is 1. The van der Waals surface area contributed by atoms with Crippen molar-refractivity contribution in [3.63, 3.8) is 0 Å². The van der Waals surface area contributed by atoms with E-state index in [2.05, 4.69) is 4.98 Å². The minimum atomic E-state index is -0.545. The lowest BCUT2D eigenvalue weighted by Gasteiger charge is -2.35. The van der Waals surface area contributed by atoms with Gasteiger partial charge in [-0.2, -0.15) is 4.98 Å². The zero-order valence-electron chi connectivity index (χ0n) is 18.2. The molecule has 0 radical (unpaired) electrons. The maximum Gasteiger partial charge on any atom is 0.410 e. The van der Waals surface area contributed by atoms with Crippen molar-refractivity contribution < 1.29 is 9.53 Å². The van der Waals surface area contributed by atoms with E-state index in [0.717, 1.165) is 0 Å². The molecule has 0 atom stereocenters. The molecule has 10 heteroatoms. The Morgan fingerprint density at radius 2 is 1.81 bits per heavy atom. The van der Waals surface area contributed by atoms with Crippen LogP contribution in [0.25, 0.3) is 16.7 Å². The van der Waals surface area contributed by atoms with Gasteiger partial charge in [-0.1, -0.05) is 11.6 Å². The molecule has 3 heterocycles. The fraction of sp³-hybridized carbons (Fsp3) is 0.364. The molecule has 0 unspecified atom stereocenters. The van der Waals surface area contributed by atoms with Crippen molar-refractivity contribution in [2.24, 2.45) is 0 Å². The van der Waals surface area contributed by atoms with Crippen LogP contribution in [0.5, 0.6) is 0 Å². The first-order chi connectivity index (χ1) is 15.1. The number of amides is 1. The number of carbonyl (C=O) groups is 1. The second-order valence-electron chi connectivity index (χ2n) is 8.63. The zero-order valence-corrected chi connectivity index (χ0v) is 19.0. The Labute approximate surface area is 190 Å². The SMILES string of the molecule is CC(C)(C)OC(=O)N1CCN(c2nc(-n3cc(Cl)ccc3=O)c3cc(N)ccc3n2)CC1. The van der Waals surface area contributed by atoms with Gasteiger partial charge in [0.2, 0.25) is 5.95 Å². The summed E-state index contributed by atoms with van der Waals surface area (Å²) in [4.78, 5) is 38.0. The fourth-order valence-corrected chi connectivity index (χ4v) is 3.65. The van der Waals surface area contributed by atoms with Gasteiger partial charge in [0.05, 0.1) is 10.5 Å². The lowest BCUT2D eigenvalue weighted by molar-refractivity contribution is 0.0240. The number of nitrogens with two attached hydrogens (primary N) is 1. The Kier molecular flexibility index (Phi) is 5.68. The van der Waals surface area contributed by atoms with Gasteiger partial charge in [-0.3, -0.25) is 9.36 Å². The summed E-state index contributed by atoms with van der Waals surface area (Å²) in [6.07, 6.45) is 1.19. The fourth-order valence-electron chi connectivity index (χ4n) is 3.49. The van der Waals surface area contributed by atoms with Gasteiger partial charge in [-0.15, -0.1) is 0 Å². The van der Waals surface area contributed by atoms with Crippen LogP contribution >= 0.6 is 11.6 Å². The largest absolute Gasteiger partial charge is 0.444 e. The molecule has 1 fully saturated rings. The van der Waals surface area contributed by atoms with Crippen molar-refractivity contribution in [1.82, 2.24) is 19.4 Å². The van der Waals surface area contributed by atoms with Crippen LogP contribution in [0.3, 0.4) is 0 Å². The third kappa shape index (κ3) is 4.62. The van der Waals surface area contributed by atoms with Crippen LogP contribution in [0, 0.1) is 0 Å². The highest BCUT2D eigenvalue weighted by atomic mass is 35.5. The molecule has 2 aromatic heterocycles. The van der Waals surface area contributed by atoms with Crippen LogP contribution in [0.1, 0.15) is 20.8 Å². The number of carbonyl (C=O) groups excluding carboxylic acids is 1. The number of hydrogen-bond donors (Lipinski definition) is 1. The monoisotopic (exact) mass is 456 g/mol. The molecule has 0 spiro atoms. The molecule has 9 nitrogen and oxygen atoms in total. The van der Waals surface area contributed by atoms with Gasteiger partial charge in [0.25, 0.3) is 5.56 Å². The van der Waals surface area contributed by atoms with Crippen molar-refractivity contribution in [2.75, 3.05) is 36.8 Å². The number of fused-ring (bicyclic) bond motifs is 1. The van der Waals surface area contributed by atoms with E-state index in [9.17, 15) is 9.59 Å². The summed E-state index contributed by atoms with van der Waals surface area (Å²) in [5.41, 5.74) is 6.36. The number of pyridine rings is 1. The van der Waals surface area contributed by atoms with Crippen LogP contribution in [0.2, 0.25) is 5.02 Å². The molecule has 1 saturated heterocycles. The Bertz CT molecular complexity index is 1230. The Balaban J connectivity index is 1.68. The molecule has 168 valence electrons. The molecule has 32 heavy (non-hydrogen) atoms. The summed E-state index contributed by atoms with van der Waals surface area (Å²) in [6, 6.07) is 8.22. The predicted molar refractivity (Wildman–Crippen MR) is 125 cm³/mol. The van der Waals surface area contributed by atoms with E-state index in [1.165, 1.54) is 22.9 Å². The second kappa shape index (κ2) is 8.31. The smallest absolute Gasteiger partial charge is 0.410 e. The first-order valence-corrected chi connectivity index (χ1v) is 10.7. The highest BCUT2D eigenvalue weighted by molar-refractivity contribution is 6.30. The normalized spacial score (nSPS) is 14.6. The quantitative estimate of drug-likeness (QED) is 0.590. The number of rotatable bonds is 2. The van der Waals surface area contributed by atoms with Crippen molar-refractivity contribution in [1.29, 1.82) is 0 Å². The van der Waals surface area contributed by atoms with Crippen LogP contribution in [0.15, 0.2) is 41.3 Å². The first-order valence-electron chi connectivity index (χ1n) is 10.3. The van der Waals surface area contributed by atoms with Crippen molar-refractivity contribution in [2.45, 2.75) is 26.4 Å². The molecule has 0 saturated carbocycles. The lowest BCUT2D eigenvalue weighted by Crippen LogP contribution is -2.50. The Morgan fingerprint density at radius 3 is 2.50 bits per heavy atom. The average Bonchev–Trinajstić information content (AvgIpc) is 2.74. The van der Waals surface area contributed by atoms with Crippen LogP contribution in [-0.4, -0.2) is 57.3 Å². The number of nitrogens with zero attached hydrogens (tertiary/aromatic N) is 5. The van der Waals surface area contributed by atoms with Gasteiger partial charge in [0.15, 0.2) is 5.82 Å². The van der Waals surface area contributed by atoms with E-state index in [1.807, 2.05) is 25.7 Å². The van der Waals surface area contributed by atoms with Gasteiger partial charge in [-0.25, -0.2) is 9.78 Å². The third-order valence-electron chi connectivity index (χ3n) is 5.01. The molecule has 1 amide bonds. The van der Waals surface area contributed by atoms with E-state index in [0.29, 0.717) is 59.6 Å². The summed E-state index contributed by atoms with van der Waals surface area (Å²) in [6.45, 7) is 7.55. The zero-order chi connectivity index (χ0) is 23.0. The highest BCUT2D eigenvalue weighted by Gasteiger charge is 2.27. The highest BCUT2D eigenvalue weighted by Crippen LogP contribution is 2.25. The topological polar surface area (TPSA) is 107 Å². The minimum Gasteiger partial charge on any atom is -0.444 e. The number of anilines is 2. The van der Waals surface area contributed by atoms with E-state index in [4.69, 9.17) is 27.1 Å². The average molecular weight is 457 g/mol. The molecule has 3 aromatic rings. The molecule has 2 N–H and O–H groups in total. The number of piperazine rings is 1. The van der Waals surface area contributed by atoms with Gasteiger partial charge >= 0.3 is 6.09 Å². The molecule has 0 aliphatic carbocycles. The second-order valence-corrected chi connectivity index (χ2v) is 9.07. The van der Waals surface area contributed by atoms with Crippen LogP contribution in [0.4, 0.5) is 16.4 Å². The van der Waals surface area contributed by atoms with Gasteiger partial charge in [0.1, 0.15) is 5.60 Å². The maximum absolute atomic E-state index is 12.6. The molecule has 1 aliphatic heterocycles. The van der Waals surface area contributed by atoms with Crippen LogP contribution < -0.4 is 16.2 Å². The van der Waals surface area contributed by atoms with E-state index in [-0.39, 0.29) is 11.7 Å². The lowest BCUT2D eigenvalue weighted by atomic mass is 10.2. The Morgan fingerprint density at radius 1 is 1.09 bits per heavy atom. The van der Waals surface area contributed by atoms with E-state index >= 15 is 0 Å². The van der Waals surface area contributed by atoms with Gasteiger partial charge in [0, 0.05) is 49.5 Å². The summed E-state index contributed by atoms with van der Waals surface area (Å²) in [5, 5.41) is 1.05. The minimum absolute atomic E-state index is 0.266. The maximum atomic E-state index is 12.6. The molecular formula is C22H25ClN6O3. The third-order valence-corrected chi connectivity index (χ3v) is 5.23. The van der Waals surface area contributed by atoms with Crippen molar-refractivity contribution >= 4 is 40.2 Å². The molecule has 1 aliphatic rings. The van der Waals surface area contributed by atoms with E-state index < -0.39 is 5.60 Å². The Hall–Kier alpha value is -3.33. The number of benzene rings is 1. The summed E-state index contributed by atoms with van der Waals surface area (Å²) >= 11 is 6.14. The van der Waals surface area contributed by atoms with Crippen molar-refractivity contribution in [3.8, 4) is 5.82 Å². The van der Waals surface area contributed by atoms with Crippen molar-refractivity contribution in [3.05, 3.63) is 51.9 Å². The number of hydrogen-bond acceptors (Lipinski definition) is 7. The number of aromatic nitrogens is 3. The molecule has 4 rings (SSSR count). The summed E-state index contributed by atoms with van der Waals surface area (Å²) in [7, 11) is 0. The first kappa shape index (κ1) is 21.9. The standard InChI is InChI=1S/C22H25ClN6O3/c1-22(2,3)32-21(31)28-10-8-27(9-11-28)20-25-17-6-5-15(24)12-16(17)19(26-20)29-13-14(23)4-7-18(29)30/h4-7,12-13H,8-11,24H2,1-3H3.